The van der Waals surface area contributed by atoms with Crippen molar-refractivity contribution in [3.8, 4) is 0 Å². The van der Waals surface area contributed by atoms with E-state index in [1.54, 1.807) is 0 Å². The predicted molar refractivity (Wildman–Crippen MR) is 89.0 cm³/mol. The van der Waals surface area contributed by atoms with Gasteiger partial charge in [0.05, 0.1) is 5.41 Å². The molecule has 0 aliphatic heterocycles. The molecule has 1 fully saturated rings. The molecule has 1 N–H and O–H groups in total. The summed E-state index contributed by atoms with van der Waals surface area (Å²) in [4.78, 5) is 4.82. The van der Waals surface area contributed by atoms with Crippen molar-refractivity contribution in [2.75, 3.05) is 11.9 Å². The van der Waals surface area contributed by atoms with E-state index in [0.717, 1.165) is 23.9 Å². The molecule has 1 aromatic heterocycles. The number of hydrogen-bond acceptors (Lipinski definition) is 4. The average molecular weight is 301 g/mol. The molecule has 0 atom stereocenters. The van der Waals surface area contributed by atoms with Crippen molar-refractivity contribution in [1.82, 2.24) is 9.36 Å². The van der Waals surface area contributed by atoms with Crippen LogP contribution in [0.15, 0.2) is 30.3 Å². The smallest absolute Gasteiger partial charge is 0.202 e. The minimum Gasteiger partial charge on any atom is -0.360 e. The fourth-order valence-corrected chi connectivity index (χ4v) is 3.96. The lowest BCUT2D eigenvalue weighted by molar-refractivity contribution is 0.333. The topological polar surface area (TPSA) is 37.8 Å². The Kier molecular flexibility index (Phi) is 4.54. The standard InChI is InChI=1S/C17H23N3S/c1-2-13-18-16-19-15(20-21-16)17(11-7-4-8-12-17)14-9-5-3-6-10-14/h3,5-6,9-10H,2,4,7-8,11-13H2,1H3,(H,18,19,20). The third kappa shape index (κ3) is 2.95. The van der Waals surface area contributed by atoms with Crippen LogP contribution in [0.2, 0.25) is 0 Å². The van der Waals surface area contributed by atoms with Crippen LogP contribution >= 0.6 is 11.5 Å². The highest BCUT2D eigenvalue weighted by Crippen LogP contribution is 2.44. The van der Waals surface area contributed by atoms with Gasteiger partial charge in [-0.15, -0.1) is 0 Å². The van der Waals surface area contributed by atoms with Crippen LogP contribution in [0.1, 0.15) is 56.8 Å². The molecule has 3 rings (SSSR count). The molecule has 3 nitrogen and oxygen atoms in total. The van der Waals surface area contributed by atoms with Gasteiger partial charge in [0.25, 0.3) is 0 Å². The van der Waals surface area contributed by atoms with Gasteiger partial charge in [-0.1, -0.05) is 56.5 Å². The summed E-state index contributed by atoms with van der Waals surface area (Å²) >= 11 is 1.50. The summed E-state index contributed by atoms with van der Waals surface area (Å²) < 4.78 is 4.71. The van der Waals surface area contributed by atoms with Crippen LogP contribution in [0, 0.1) is 0 Å². The third-order valence-corrected chi connectivity index (χ3v) is 5.09. The molecule has 112 valence electrons. The number of nitrogens with one attached hydrogen (secondary N) is 1. The molecule has 1 aliphatic carbocycles. The fourth-order valence-electron chi connectivity index (χ4n) is 3.28. The van der Waals surface area contributed by atoms with Crippen molar-refractivity contribution in [3.05, 3.63) is 41.7 Å². The van der Waals surface area contributed by atoms with E-state index >= 15 is 0 Å². The minimum atomic E-state index is 0.0299. The summed E-state index contributed by atoms with van der Waals surface area (Å²) in [5.41, 5.74) is 1.41. The van der Waals surface area contributed by atoms with Crippen molar-refractivity contribution in [3.63, 3.8) is 0 Å². The highest BCUT2D eigenvalue weighted by molar-refractivity contribution is 7.09. The summed E-state index contributed by atoms with van der Waals surface area (Å²) in [6, 6.07) is 10.8. The molecular formula is C17H23N3S. The molecule has 0 saturated heterocycles. The largest absolute Gasteiger partial charge is 0.360 e. The molecule has 0 spiro atoms. The van der Waals surface area contributed by atoms with Gasteiger partial charge in [-0.25, -0.2) is 4.98 Å². The summed E-state index contributed by atoms with van der Waals surface area (Å²) in [5, 5.41) is 4.33. The van der Waals surface area contributed by atoms with Crippen molar-refractivity contribution in [2.45, 2.75) is 50.9 Å². The first-order chi connectivity index (χ1) is 10.3. The second-order valence-corrected chi connectivity index (χ2v) is 6.61. The Morgan fingerprint density at radius 2 is 1.90 bits per heavy atom. The van der Waals surface area contributed by atoms with Gasteiger partial charge in [0, 0.05) is 18.1 Å². The van der Waals surface area contributed by atoms with Crippen LogP contribution in [-0.4, -0.2) is 15.9 Å². The molecule has 0 unspecified atom stereocenters. The maximum Gasteiger partial charge on any atom is 0.202 e. The molecule has 21 heavy (non-hydrogen) atoms. The van der Waals surface area contributed by atoms with Crippen LogP contribution in [-0.2, 0) is 5.41 Å². The maximum atomic E-state index is 4.82. The first kappa shape index (κ1) is 14.5. The second-order valence-electron chi connectivity index (χ2n) is 5.86. The minimum absolute atomic E-state index is 0.0299. The highest BCUT2D eigenvalue weighted by atomic mass is 32.1. The lowest BCUT2D eigenvalue weighted by Crippen LogP contribution is -2.31. The number of anilines is 1. The molecule has 1 heterocycles. The average Bonchev–Trinajstić information content (AvgIpc) is 3.04. The molecule has 1 aromatic carbocycles. The second kappa shape index (κ2) is 6.56. The Labute approximate surface area is 131 Å². The molecule has 1 aliphatic rings. The summed E-state index contributed by atoms with van der Waals surface area (Å²) in [5.74, 6) is 1.03. The SMILES string of the molecule is CCCNc1nc(C2(c3ccccc3)CCCCC2)ns1. The van der Waals surface area contributed by atoms with Crippen LogP contribution in [0.5, 0.6) is 0 Å². The van der Waals surface area contributed by atoms with Crippen molar-refractivity contribution < 1.29 is 0 Å². The predicted octanol–water partition coefficient (Wildman–Crippen LogP) is 4.61. The van der Waals surface area contributed by atoms with Gasteiger partial charge in [0.2, 0.25) is 5.13 Å². The van der Waals surface area contributed by atoms with Gasteiger partial charge in [0.15, 0.2) is 5.82 Å². The number of nitrogens with zero attached hydrogens (tertiary/aromatic N) is 2. The Bertz CT molecular complexity index is 558. The van der Waals surface area contributed by atoms with Crippen LogP contribution in [0.25, 0.3) is 0 Å². The normalized spacial score (nSPS) is 17.6. The first-order valence-corrected chi connectivity index (χ1v) is 8.76. The molecule has 4 heteroatoms. The van der Waals surface area contributed by atoms with Gasteiger partial charge in [-0.3, -0.25) is 0 Å². The molecule has 2 aromatic rings. The number of benzene rings is 1. The maximum absolute atomic E-state index is 4.82. The van der Waals surface area contributed by atoms with Gasteiger partial charge in [0.1, 0.15) is 0 Å². The Hall–Kier alpha value is -1.42. The number of aromatic nitrogens is 2. The zero-order valence-electron chi connectivity index (χ0n) is 12.6. The first-order valence-electron chi connectivity index (χ1n) is 7.99. The monoisotopic (exact) mass is 301 g/mol. The molecular weight excluding hydrogens is 278 g/mol. The van der Waals surface area contributed by atoms with E-state index in [4.69, 9.17) is 9.36 Å². The van der Waals surface area contributed by atoms with E-state index in [0.29, 0.717) is 0 Å². The summed E-state index contributed by atoms with van der Waals surface area (Å²) in [6.07, 6.45) is 7.32. The van der Waals surface area contributed by atoms with Gasteiger partial charge in [-0.2, -0.15) is 4.37 Å². The number of rotatable bonds is 5. The van der Waals surface area contributed by atoms with Crippen molar-refractivity contribution in [1.29, 1.82) is 0 Å². The van der Waals surface area contributed by atoms with Crippen LogP contribution in [0.3, 0.4) is 0 Å². The molecule has 0 bridgehead atoms. The van der Waals surface area contributed by atoms with Gasteiger partial charge < -0.3 is 5.32 Å². The van der Waals surface area contributed by atoms with E-state index in [1.807, 2.05) is 0 Å². The Balaban J connectivity index is 1.94. The third-order valence-electron chi connectivity index (χ3n) is 4.41. The van der Waals surface area contributed by atoms with E-state index in [2.05, 4.69) is 42.6 Å². The molecule has 1 saturated carbocycles. The Morgan fingerprint density at radius 1 is 1.14 bits per heavy atom. The fraction of sp³-hybridized carbons (Fsp3) is 0.529. The van der Waals surface area contributed by atoms with Gasteiger partial charge >= 0.3 is 0 Å². The van der Waals surface area contributed by atoms with E-state index in [-0.39, 0.29) is 5.41 Å². The summed E-state index contributed by atoms with van der Waals surface area (Å²) in [7, 11) is 0. The van der Waals surface area contributed by atoms with Gasteiger partial charge in [-0.05, 0) is 24.8 Å². The number of hydrogen-bond donors (Lipinski definition) is 1. The quantitative estimate of drug-likeness (QED) is 0.876. The van der Waals surface area contributed by atoms with E-state index in [9.17, 15) is 0 Å². The van der Waals surface area contributed by atoms with Crippen molar-refractivity contribution in [2.24, 2.45) is 0 Å². The summed E-state index contributed by atoms with van der Waals surface area (Å²) in [6.45, 7) is 3.13. The highest BCUT2D eigenvalue weighted by Gasteiger charge is 2.39. The molecule has 0 radical (unpaired) electrons. The molecule has 0 amide bonds. The zero-order chi connectivity index (χ0) is 14.5. The van der Waals surface area contributed by atoms with E-state index < -0.39 is 0 Å². The van der Waals surface area contributed by atoms with E-state index in [1.165, 1.54) is 49.2 Å². The lowest BCUT2D eigenvalue weighted by Gasteiger charge is -2.35. The lowest BCUT2D eigenvalue weighted by atomic mass is 9.69. The zero-order valence-corrected chi connectivity index (χ0v) is 13.5. The van der Waals surface area contributed by atoms with Crippen LogP contribution in [0.4, 0.5) is 5.13 Å². The Morgan fingerprint density at radius 3 is 2.62 bits per heavy atom. The van der Waals surface area contributed by atoms with Crippen molar-refractivity contribution >= 4 is 16.7 Å². The van der Waals surface area contributed by atoms with Crippen LogP contribution < -0.4 is 5.32 Å².